The summed E-state index contributed by atoms with van der Waals surface area (Å²) < 4.78 is 11.3. The molecule has 122 valence electrons. The minimum absolute atomic E-state index is 0.147. The molecule has 0 aromatic heterocycles. The summed E-state index contributed by atoms with van der Waals surface area (Å²) in [5.41, 5.74) is 1.78. The Balaban J connectivity index is 2.07. The highest BCUT2D eigenvalue weighted by Gasteiger charge is 1.98. The van der Waals surface area contributed by atoms with E-state index in [4.69, 9.17) is 9.47 Å². The van der Waals surface area contributed by atoms with Crippen molar-refractivity contribution in [3.8, 4) is 35.2 Å². The Hall–Kier alpha value is -2.84. The van der Waals surface area contributed by atoms with Crippen molar-refractivity contribution in [2.75, 3.05) is 0 Å². The van der Waals surface area contributed by atoms with Crippen molar-refractivity contribution in [1.29, 1.82) is 0 Å². The van der Waals surface area contributed by atoms with Gasteiger partial charge in [0.05, 0.1) is 12.2 Å². The predicted molar refractivity (Wildman–Crippen MR) is 98.2 cm³/mol. The molecule has 0 saturated carbocycles. The van der Waals surface area contributed by atoms with E-state index in [1.54, 1.807) is 0 Å². The lowest BCUT2D eigenvalue weighted by Crippen LogP contribution is -2.05. The van der Waals surface area contributed by atoms with Gasteiger partial charge >= 0.3 is 0 Å². The molecule has 2 aromatic carbocycles. The third-order valence-corrected chi connectivity index (χ3v) is 2.89. The van der Waals surface area contributed by atoms with E-state index in [0.29, 0.717) is 0 Å². The van der Waals surface area contributed by atoms with Crippen LogP contribution in [-0.2, 0) is 0 Å². The zero-order chi connectivity index (χ0) is 17.4. The third kappa shape index (κ3) is 6.11. The van der Waals surface area contributed by atoms with Crippen LogP contribution >= 0.6 is 0 Å². The molecule has 2 rings (SSSR count). The first-order chi connectivity index (χ1) is 11.5. The average Bonchev–Trinajstić information content (AvgIpc) is 2.51. The SMILES string of the molecule is CC(C)Oc1cccc(C#CC#Cc2cccc(OC(C)C)c2)c1. The fraction of sp³-hybridized carbons (Fsp3) is 0.273. The topological polar surface area (TPSA) is 18.5 Å². The molecule has 2 heteroatoms. The lowest BCUT2D eigenvalue weighted by molar-refractivity contribution is 0.242. The van der Waals surface area contributed by atoms with E-state index in [1.165, 1.54) is 0 Å². The molecular weight excluding hydrogens is 296 g/mol. The van der Waals surface area contributed by atoms with Gasteiger partial charge in [0.25, 0.3) is 0 Å². The first-order valence-corrected chi connectivity index (χ1v) is 8.08. The van der Waals surface area contributed by atoms with Gasteiger partial charge in [-0.25, -0.2) is 0 Å². The van der Waals surface area contributed by atoms with E-state index >= 15 is 0 Å². The van der Waals surface area contributed by atoms with Gasteiger partial charge in [0.1, 0.15) is 11.5 Å². The molecule has 0 heterocycles. The number of hydrogen-bond acceptors (Lipinski definition) is 2. The van der Waals surface area contributed by atoms with Crippen LogP contribution in [0.15, 0.2) is 48.5 Å². The monoisotopic (exact) mass is 318 g/mol. The van der Waals surface area contributed by atoms with Crippen LogP contribution < -0.4 is 9.47 Å². The summed E-state index contributed by atoms with van der Waals surface area (Å²) >= 11 is 0. The molecule has 24 heavy (non-hydrogen) atoms. The Morgan fingerprint density at radius 3 is 1.46 bits per heavy atom. The fourth-order valence-electron chi connectivity index (χ4n) is 2.05. The van der Waals surface area contributed by atoms with Crippen LogP contribution in [-0.4, -0.2) is 12.2 Å². The first-order valence-electron chi connectivity index (χ1n) is 8.08. The van der Waals surface area contributed by atoms with Crippen molar-refractivity contribution < 1.29 is 9.47 Å². The first kappa shape index (κ1) is 17.5. The lowest BCUT2D eigenvalue weighted by atomic mass is 10.2. The number of benzene rings is 2. The van der Waals surface area contributed by atoms with Crippen LogP contribution in [0.3, 0.4) is 0 Å². The second-order valence-corrected chi connectivity index (χ2v) is 5.89. The van der Waals surface area contributed by atoms with Crippen molar-refractivity contribution in [2.24, 2.45) is 0 Å². The molecule has 0 aliphatic heterocycles. The number of rotatable bonds is 4. The van der Waals surface area contributed by atoms with E-state index in [1.807, 2.05) is 76.2 Å². The summed E-state index contributed by atoms with van der Waals surface area (Å²) in [6.45, 7) is 8.00. The van der Waals surface area contributed by atoms with Crippen LogP contribution in [0.1, 0.15) is 38.8 Å². The third-order valence-electron chi connectivity index (χ3n) is 2.89. The quantitative estimate of drug-likeness (QED) is 0.763. The Kier molecular flexibility index (Phi) is 6.35. The van der Waals surface area contributed by atoms with Crippen LogP contribution in [0.2, 0.25) is 0 Å². The smallest absolute Gasteiger partial charge is 0.120 e. The molecule has 0 N–H and O–H groups in total. The zero-order valence-electron chi connectivity index (χ0n) is 14.6. The second-order valence-electron chi connectivity index (χ2n) is 5.89. The van der Waals surface area contributed by atoms with Gasteiger partial charge in [0.15, 0.2) is 0 Å². The van der Waals surface area contributed by atoms with E-state index in [9.17, 15) is 0 Å². The standard InChI is InChI=1S/C22H22O2/c1-17(2)23-21-13-7-11-19(15-21)9-5-6-10-20-12-8-14-22(16-20)24-18(3)4/h7-8,11-18H,1-4H3. The minimum atomic E-state index is 0.147. The Labute approximate surface area is 144 Å². The highest BCUT2D eigenvalue weighted by molar-refractivity contribution is 5.47. The maximum Gasteiger partial charge on any atom is 0.120 e. The van der Waals surface area contributed by atoms with E-state index < -0.39 is 0 Å². The van der Waals surface area contributed by atoms with Gasteiger partial charge in [0.2, 0.25) is 0 Å². The van der Waals surface area contributed by atoms with Gasteiger partial charge < -0.3 is 9.47 Å². The highest BCUT2D eigenvalue weighted by atomic mass is 16.5. The van der Waals surface area contributed by atoms with Crippen LogP contribution in [0, 0.1) is 23.7 Å². The largest absolute Gasteiger partial charge is 0.491 e. The fourth-order valence-corrected chi connectivity index (χ4v) is 2.05. The van der Waals surface area contributed by atoms with Gasteiger partial charge in [-0.2, -0.15) is 0 Å². The van der Waals surface area contributed by atoms with Gasteiger partial charge in [-0.05, 0) is 75.9 Å². The second kappa shape index (κ2) is 8.70. The van der Waals surface area contributed by atoms with E-state index in [2.05, 4.69) is 23.7 Å². The molecule has 0 bridgehead atoms. The molecule has 0 amide bonds. The molecule has 0 fully saturated rings. The van der Waals surface area contributed by atoms with Crippen LogP contribution in [0.25, 0.3) is 0 Å². The summed E-state index contributed by atoms with van der Waals surface area (Å²) in [6, 6.07) is 15.5. The summed E-state index contributed by atoms with van der Waals surface area (Å²) in [6.07, 6.45) is 0.293. The van der Waals surface area contributed by atoms with E-state index in [-0.39, 0.29) is 12.2 Å². The summed E-state index contributed by atoms with van der Waals surface area (Å²) in [7, 11) is 0. The van der Waals surface area contributed by atoms with Crippen LogP contribution in [0.4, 0.5) is 0 Å². The predicted octanol–water partition coefficient (Wildman–Crippen LogP) is 4.66. The van der Waals surface area contributed by atoms with Gasteiger partial charge in [-0.15, -0.1) is 0 Å². The Morgan fingerprint density at radius 1 is 0.667 bits per heavy atom. The van der Waals surface area contributed by atoms with Crippen molar-refractivity contribution in [1.82, 2.24) is 0 Å². The number of hydrogen-bond donors (Lipinski definition) is 0. The van der Waals surface area contributed by atoms with Gasteiger partial charge in [0, 0.05) is 11.1 Å². The highest BCUT2D eigenvalue weighted by Crippen LogP contribution is 2.15. The molecule has 0 saturated heterocycles. The molecule has 0 atom stereocenters. The van der Waals surface area contributed by atoms with Crippen molar-refractivity contribution in [2.45, 2.75) is 39.9 Å². The molecule has 0 aliphatic carbocycles. The summed E-state index contributed by atoms with van der Waals surface area (Å²) in [5.74, 6) is 13.5. The molecular formula is C22H22O2. The lowest BCUT2D eigenvalue weighted by Gasteiger charge is -2.09. The zero-order valence-corrected chi connectivity index (χ0v) is 14.6. The minimum Gasteiger partial charge on any atom is -0.491 e. The van der Waals surface area contributed by atoms with Gasteiger partial charge in [-0.1, -0.05) is 24.0 Å². The van der Waals surface area contributed by atoms with E-state index in [0.717, 1.165) is 22.6 Å². The van der Waals surface area contributed by atoms with Crippen molar-refractivity contribution in [3.05, 3.63) is 59.7 Å². The molecule has 2 aromatic rings. The van der Waals surface area contributed by atoms with Crippen LogP contribution in [0.5, 0.6) is 11.5 Å². The number of ether oxygens (including phenoxy) is 2. The summed E-state index contributed by atoms with van der Waals surface area (Å²) in [4.78, 5) is 0. The van der Waals surface area contributed by atoms with Crippen molar-refractivity contribution in [3.63, 3.8) is 0 Å². The molecule has 0 unspecified atom stereocenters. The summed E-state index contributed by atoms with van der Waals surface area (Å²) in [5, 5.41) is 0. The normalized spacial score (nSPS) is 9.75. The molecule has 2 nitrogen and oxygen atoms in total. The van der Waals surface area contributed by atoms with Crippen molar-refractivity contribution >= 4 is 0 Å². The average molecular weight is 318 g/mol. The molecule has 0 spiro atoms. The Morgan fingerprint density at radius 2 is 1.08 bits per heavy atom. The maximum atomic E-state index is 5.66. The van der Waals surface area contributed by atoms with Gasteiger partial charge in [-0.3, -0.25) is 0 Å². The molecule has 0 aliphatic rings. The maximum absolute atomic E-state index is 5.66. The molecule has 0 radical (unpaired) electrons. The Bertz CT molecular complexity index is 726.